The predicted molar refractivity (Wildman–Crippen MR) is 38.4 cm³/mol. The average molecular weight is 173 g/mol. The number of nitrogens with zero attached hydrogens (tertiary/aromatic N) is 2. The second-order valence-electron chi connectivity index (χ2n) is 1.89. The molecule has 0 aromatic carbocycles. The van der Waals surface area contributed by atoms with E-state index in [1.54, 1.807) is 0 Å². The van der Waals surface area contributed by atoms with Crippen LogP contribution in [0.5, 0.6) is 0 Å². The maximum atomic E-state index is 10.1. The first-order chi connectivity index (χ1) is 5.18. The highest BCUT2D eigenvalue weighted by Gasteiger charge is 2.01. The van der Waals surface area contributed by atoms with Crippen molar-refractivity contribution in [2.24, 2.45) is 0 Å². The van der Waals surface area contributed by atoms with Crippen LogP contribution in [0.2, 0.25) is 5.02 Å². The van der Waals surface area contributed by atoms with Crippen LogP contribution >= 0.6 is 11.6 Å². The molecule has 0 amide bonds. The molecule has 0 atom stereocenters. The highest BCUT2D eigenvalue weighted by molar-refractivity contribution is 6.30. The summed E-state index contributed by atoms with van der Waals surface area (Å²) < 4.78 is 0. The van der Waals surface area contributed by atoms with Gasteiger partial charge in [-0.15, -0.1) is 0 Å². The lowest BCUT2D eigenvalue weighted by Crippen LogP contribution is -2.03. The fourth-order valence-corrected chi connectivity index (χ4v) is 0.663. The first kappa shape index (κ1) is 7.94. The van der Waals surface area contributed by atoms with Gasteiger partial charge in [-0.1, -0.05) is 11.6 Å². The van der Waals surface area contributed by atoms with Crippen molar-refractivity contribution in [2.45, 2.75) is 6.42 Å². The molecule has 11 heavy (non-hydrogen) atoms. The van der Waals surface area contributed by atoms with Crippen LogP contribution in [-0.4, -0.2) is 21.0 Å². The number of hydrogen-bond acceptors (Lipinski definition) is 3. The average Bonchev–Trinajstić information content (AvgIpc) is 1.93. The third-order valence-electron chi connectivity index (χ3n) is 0.983. The zero-order chi connectivity index (χ0) is 8.27. The van der Waals surface area contributed by atoms with E-state index in [-0.39, 0.29) is 12.2 Å². The molecule has 0 aliphatic rings. The smallest absolute Gasteiger partial charge is 0.311 e. The number of halogens is 1. The summed E-state index contributed by atoms with van der Waals surface area (Å²) in [6.07, 6.45) is 2.57. The van der Waals surface area contributed by atoms with Gasteiger partial charge in [-0.2, -0.15) is 0 Å². The molecule has 0 aliphatic heterocycles. The Labute approximate surface area is 67.9 Å². The number of carbonyl (C=O) groups is 1. The van der Waals surface area contributed by atoms with Crippen molar-refractivity contribution in [1.82, 2.24) is 9.97 Å². The van der Waals surface area contributed by atoms with Crippen LogP contribution in [0.1, 0.15) is 5.82 Å². The molecule has 0 bridgehead atoms. The van der Waals surface area contributed by atoms with Gasteiger partial charge in [-0.05, 0) is 0 Å². The van der Waals surface area contributed by atoms with Crippen molar-refractivity contribution >= 4 is 17.6 Å². The molecule has 0 spiro atoms. The van der Waals surface area contributed by atoms with Gasteiger partial charge in [0.15, 0.2) is 0 Å². The lowest BCUT2D eigenvalue weighted by molar-refractivity contribution is -0.136. The summed E-state index contributed by atoms with van der Waals surface area (Å²) in [5, 5.41) is 8.73. The Morgan fingerprint density at radius 1 is 1.55 bits per heavy atom. The third-order valence-corrected chi connectivity index (χ3v) is 1.18. The van der Waals surface area contributed by atoms with Crippen molar-refractivity contribution in [2.75, 3.05) is 0 Å². The minimum atomic E-state index is -0.952. The molecule has 1 heterocycles. The Kier molecular flexibility index (Phi) is 2.38. The predicted octanol–water partition coefficient (Wildman–Crippen LogP) is 0.757. The molecule has 4 nitrogen and oxygen atoms in total. The van der Waals surface area contributed by atoms with Gasteiger partial charge in [-0.25, -0.2) is 9.97 Å². The standard InChI is InChI=1S/C6H5ClN2O2/c7-4-2-8-5(9-3-4)1-6(10)11/h2-3H,1H2,(H,10,11). The zero-order valence-electron chi connectivity index (χ0n) is 5.49. The topological polar surface area (TPSA) is 63.1 Å². The molecule has 0 saturated carbocycles. The van der Waals surface area contributed by atoms with Crippen LogP contribution in [0.25, 0.3) is 0 Å². The molecular weight excluding hydrogens is 168 g/mol. The van der Waals surface area contributed by atoms with Gasteiger partial charge in [0.2, 0.25) is 0 Å². The summed E-state index contributed by atoms with van der Waals surface area (Å²) in [6.45, 7) is 0. The maximum absolute atomic E-state index is 10.1. The summed E-state index contributed by atoms with van der Waals surface area (Å²) in [5.74, 6) is -0.686. The second-order valence-corrected chi connectivity index (χ2v) is 2.32. The highest BCUT2D eigenvalue weighted by Crippen LogP contribution is 2.02. The molecule has 1 aromatic heterocycles. The Morgan fingerprint density at radius 2 is 2.09 bits per heavy atom. The van der Waals surface area contributed by atoms with Crippen molar-refractivity contribution in [3.8, 4) is 0 Å². The van der Waals surface area contributed by atoms with E-state index in [1.807, 2.05) is 0 Å². The number of carboxylic acid groups (broad SMARTS) is 1. The Balaban J connectivity index is 2.74. The van der Waals surface area contributed by atoms with Crippen LogP contribution in [0.3, 0.4) is 0 Å². The van der Waals surface area contributed by atoms with Crippen molar-refractivity contribution in [3.63, 3.8) is 0 Å². The summed E-state index contributed by atoms with van der Waals surface area (Å²) >= 11 is 5.48. The molecule has 0 unspecified atom stereocenters. The van der Waals surface area contributed by atoms with E-state index in [0.717, 1.165) is 0 Å². The van der Waals surface area contributed by atoms with E-state index >= 15 is 0 Å². The normalized spacial score (nSPS) is 9.55. The van der Waals surface area contributed by atoms with Crippen molar-refractivity contribution in [3.05, 3.63) is 23.2 Å². The number of hydrogen-bond donors (Lipinski definition) is 1. The van der Waals surface area contributed by atoms with Crippen molar-refractivity contribution < 1.29 is 9.90 Å². The number of aliphatic carboxylic acids is 1. The summed E-state index contributed by atoms with van der Waals surface area (Å²) in [6, 6.07) is 0. The molecule has 0 aliphatic carbocycles. The molecule has 1 aromatic rings. The molecule has 0 radical (unpaired) electrons. The molecule has 1 N–H and O–H groups in total. The van der Waals surface area contributed by atoms with Crippen LogP contribution in [0, 0.1) is 0 Å². The fraction of sp³-hybridized carbons (Fsp3) is 0.167. The van der Waals surface area contributed by atoms with Gasteiger partial charge in [0, 0.05) is 12.4 Å². The molecular formula is C6H5ClN2O2. The summed E-state index contributed by atoms with van der Waals surface area (Å²) in [5.41, 5.74) is 0. The number of rotatable bonds is 2. The van der Waals surface area contributed by atoms with Gasteiger partial charge >= 0.3 is 5.97 Å². The lowest BCUT2D eigenvalue weighted by atomic mass is 10.4. The van der Waals surface area contributed by atoms with E-state index < -0.39 is 5.97 Å². The van der Waals surface area contributed by atoms with E-state index in [0.29, 0.717) is 5.02 Å². The summed E-state index contributed by atoms with van der Waals surface area (Å²) in [4.78, 5) is 17.5. The Bertz CT molecular complexity index is 260. The molecule has 0 saturated heterocycles. The second kappa shape index (κ2) is 3.30. The van der Waals surface area contributed by atoms with E-state index in [4.69, 9.17) is 16.7 Å². The number of aromatic nitrogens is 2. The largest absolute Gasteiger partial charge is 0.481 e. The molecule has 0 fully saturated rings. The summed E-state index contributed by atoms with van der Waals surface area (Å²) in [7, 11) is 0. The van der Waals surface area contributed by atoms with Crippen LogP contribution < -0.4 is 0 Å². The SMILES string of the molecule is O=C(O)Cc1ncc(Cl)cn1. The van der Waals surface area contributed by atoms with E-state index in [2.05, 4.69) is 9.97 Å². The zero-order valence-corrected chi connectivity index (χ0v) is 6.25. The first-order valence-corrected chi connectivity index (χ1v) is 3.24. The minimum Gasteiger partial charge on any atom is -0.481 e. The van der Waals surface area contributed by atoms with Crippen molar-refractivity contribution in [1.29, 1.82) is 0 Å². The van der Waals surface area contributed by atoms with Gasteiger partial charge in [-0.3, -0.25) is 4.79 Å². The quantitative estimate of drug-likeness (QED) is 0.715. The van der Waals surface area contributed by atoms with Gasteiger partial charge in [0.1, 0.15) is 12.2 Å². The Hall–Kier alpha value is -1.16. The third kappa shape index (κ3) is 2.51. The van der Waals surface area contributed by atoms with Gasteiger partial charge in [0.05, 0.1) is 5.02 Å². The monoisotopic (exact) mass is 172 g/mol. The molecule has 1 rings (SSSR count). The first-order valence-electron chi connectivity index (χ1n) is 2.86. The van der Waals surface area contributed by atoms with Gasteiger partial charge in [0.25, 0.3) is 0 Å². The van der Waals surface area contributed by atoms with E-state index in [1.165, 1.54) is 12.4 Å². The number of carboxylic acids is 1. The van der Waals surface area contributed by atoms with Crippen LogP contribution in [0.15, 0.2) is 12.4 Å². The molecule has 5 heteroatoms. The van der Waals surface area contributed by atoms with E-state index in [9.17, 15) is 4.79 Å². The fourth-order valence-electron chi connectivity index (χ4n) is 0.566. The van der Waals surface area contributed by atoms with Gasteiger partial charge < -0.3 is 5.11 Å². The highest BCUT2D eigenvalue weighted by atomic mass is 35.5. The minimum absolute atomic E-state index is 0.169. The lowest BCUT2D eigenvalue weighted by Gasteiger charge is -1.93. The van der Waals surface area contributed by atoms with Crippen LogP contribution in [0.4, 0.5) is 0 Å². The molecule has 58 valence electrons. The van der Waals surface area contributed by atoms with Crippen LogP contribution in [-0.2, 0) is 11.2 Å². The maximum Gasteiger partial charge on any atom is 0.311 e. The Morgan fingerprint density at radius 3 is 2.55 bits per heavy atom.